The van der Waals surface area contributed by atoms with Gasteiger partial charge < -0.3 is 25.6 Å². The predicted octanol–water partition coefficient (Wildman–Crippen LogP) is 8.57. The number of hydrogen-bond donors (Lipinski definition) is 3. The van der Waals surface area contributed by atoms with Crippen molar-refractivity contribution < 1.29 is 14.3 Å². The molecule has 59 heavy (non-hydrogen) atoms. The number of nitriles is 1. The summed E-state index contributed by atoms with van der Waals surface area (Å²) in [6, 6.07) is 19.8. The van der Waals surface area contributed by atoms with Crippen molar-refractivity contribution in [1.29, 1.82) is 5.26 Å². The maximum atomic E-state index is 13.5. The molecule has 304 valence electrons. The van der Waals surface area contributed by atoms with Crippen molar-refractivity contribution in [3.05, 3.63) is 88.8 Å². The topological polar surface area (TPSA) is 150 Å². The molecule has 9 rings (SSSR count). The highest BCUT2D eigenvalue weighted by molar-refractivity contribution is 6.31. The summed E-state index contributed by atoms with van der Waals surface area (Å²) in [5, 5.41) is 25.9. The Balaban J connectivity index is 0.830. The molecular formula is C46H50ClN9O3. The molecule has 1 atom stereocenters. The number of nitrogens with zero attached hydrogens (tertiary/aromatic N) is 6. The third-order valence-electron chi connectivity index (χ3n) is 12.9. The van der Waals surface area contributed by atoms with E-state index in [4.69, 9.17) is 21.4 Å². The van der Waals surface area contributed by atoms with Crippen LogP contribution in [0.15, 0.2) is 67.0 Å². The molecule has 2 saturated carbocycles. The van der Waals surface area contributed by atoms with Crippen LogP contribution >= 0.6 is 11.6 Å². The molecule has 3 aromatic carbocycles. The van der Waals surface area contributed by atoms with E-state index >= 15 is 0 Å². The molecule has 4 aliphatic rings. The van der Waals surface area contributed by atoms with E-state index in [1.807, 2.05) is 19.1 Å². The molecule has 0 bridgehead atoms. The Morgan fingerprint density at radius 2 is 1.76 bits per heavy atom. The first-order chi connectivity index (χ1) is 28.3. The number of nitrogens with one attached hydrogen (secondary N) is 3. The molecular weight excluding hydrogens is 762 g/mol. The van der Waals surface area contributed by atoms with E-state index in [-0.39, 0.29) is 40.8 Å². The van der Waals surface area contributed by atoms with Gasteiger partial charge in [0, 0.05) is 84.3 Å². The zero-order chi connectivity index (χ0) is 41.2. The number of piperidine rings is 1. The van der Waals surface area contributed by atoms with Crippen LogP contribution in [-0.4, -0.2) is 62.8 Å². The number of para-hydroxylation sites is 1. The second-order valence-corrected chi connectivity index (χ2v) is 18.5. The molecule has 2 aliphatic carbocycles. The third-order valence-corrected chi connectivity index (χ3v) is 13.2. The van der Waals surface area contributed by atoms with Gasteiger partial charge in [0.15, 0.2) is 0 Å². The Kier molecular flexibility index (Phi) is 9.78. The number of anilines is 3. The highest BCUT2D eigenvalue weighted by Gasteiger charge is 2.64. The number of carbonyl (C=O) groups excluding carboxylic acids is 2. The lowest BCUT2D eigenvalue weighted by atomic mass is 9.49. The van der Waals surface area contributed by atoms with Gasteiger partial charge in [0.1, 0.15) is 17.9 Å². The Hall–Kier alpha value is -5.67. The van der Waals surface area contributed by atoms with Gasteiger partial charge in [-0.05, 0) is 74.4 Å². The average Bonchev–Trinajstić information content (AvgIpc) is 4.02. The van der Waals surface area contributed by atoms with Crippen LogP contribution in [0.25, 0.3) is 22.0 Å². The molecule has 4 heterocycles. The van der Waals surface area contributed by atoms with Crippen LogP contribution in [0.1, 0.15) is 94.3 Å². The van der Waals surface area contributed by atoms with Gasteiger partial charge in [0.05, 0.1) is 38.7 Å². The van der Waals surface area contributed by atoms with Crippen molar-refractivity contribution in [2.75, 3.05) is 28.6 Å². The number of aromatic nitrogens is 4. The van der Waals surface area contributed by atoms with Crippen LogP contribution in [0, 0.1) is 28.1 Å². The van der Waals surface area contributed by atoms with Gasteiger partial charge in [-0.1, -0.05) is 57.5 Å². The van der Waals surface area contributed by atoms with Crippen molar-refractivity contribution in [3.63, 3.8) is 0 Å². The Bertz CT molecular complexity index is 2480. The van der Waals surface area contributed by atoms with E-state index in [9.17, 15) is 14.9 Å². The Morgan fingerprint density at radius 1 is 1.02 bits per heavy atom. The number of benzene rings is 3. The van der Waals surface area contributed by atoms with E-state index in [1.54, 1.807) is 30.6 Å². The molecule has 0 radical (unpaired) electrons. The molecule has 2 aromatic heterocycles. The summed E-state index contributed by atoms with van der Waals surface area (Å²) in [4.78, 5) is 37.4. The molecule has 5 aromatic rings. The average molecular weight is 812 g/mol. The minimum atomic E-state index is -0.380. The zero-order valence-corrected chi connectivity index (χ0v) is 34.9. The summed E-state index contributed by atoms with van der Waals surface area (Å²) in [5.74, 6) is 1.99. The third kappa shape index (κ3) is 7.24. The number of hydrogen-bond acceptors (Lipinski definition) is 9. The van der Waals surface area contributed by atoms with E-state index < -0.39 is 0 Å². The zero-order valence-electron chi connectivity index (χ0n) is 34.2. The minimum absolute atomic E-state index is 0.0265. The number of fused-ring (bicyclic) bond motifs is 2. The standard InChI is InChI=1S/C46H50ClN9O3/c1-26-19-38(57)52-36-8-6-7-33(40(36)51-26)29-12-14-37-34(20-29)39(28-9-10-28)54-56(37)25-27-15-17-55(18-16-27)44-49-23-31(24-50-44)41(58)53-42-45(2,3)43(46(42,4)5)59-32-13-11-30(22-48)35(47)21-32/h6-8,11-14,20-21,23-24,26-28,42-43,51H,9-10,15-19,25H2,1-5H3,(H,52,57)(H,53,58). The first kappa shape index (κ1) is 38.8. The van der Waals surface area contributed by atoms with E-state index in [1.165, 1.54) is 29.4 Å². The van der Waals surface area contributed by atoms with Gasteiger partial charge in [0.2, 0.25) is 11.9 Å². The van der Waals surface area contributed by atoms with Crippen molar-refractivity contribution in [2.45, 2.75) is 97.4 Å². The summed E-state index contributed by atoms with van der Waals surface area (Å²) in [7, 11) is 0. The van der Waals surface area contributed by atoms with Crippen molar-refractivity contribution in [2.24, 2.45) is 16.7 Å². The van der Waals surface area contributed by atoms with E-state index in [0.717, 1.165) is 55.0 Å². The second kappa shape index (κ2) is 14.9. The van der Waals surface area contributed by atoms with Crippen molar-refractivity contribution >= 4 is 51.6 Å². The van der Waals surface area contributed by atoms with Crippen molar-refractivity contribution in [3.8, 4) is 22.9 Å². The fourth-order valence-corrected chi connectivity index (χ4v) is 10.2. The first-order valence-corrected chi connectivity index (χ1v) is 21.1. The lowest BCUT2D eigenvalue weighted by molar-refractivity contribution is -0.164. The van der Waals surface area contributed by atoms with Crippen LogP contribution in [0.4, 0.5) is 17.3 Å². The summed E-state index contributed by atoms with van der Waals surface area (Å²) < 4.78 is 8.61. The summed E-state index contributed by atoms with van der Waals surface area (Å²) >= 11 is 6.26. The number of rotatable bonds is 9. The lowest BCUT2D eigenvalue weighted by Crippen LogP contribution is -2.74. The number of amides is 2. The smallest absolute Gasteiger partial charge is 0.254 e. The summed E-state index contributed by atoms with van der Waals surface area (Å²) in [5.41, 5.74) is 6.40. The SMILES string of the molecule is CC1CC(=O)Nc2cccc(-c3ccc4c(c3)c(C3CC3)nn4CC3CCN(c4ncc(C(=O)NC5C(C)(C)C(Oc6ccc(C#N)c(Cl)c6)C5(C)C)cn4)CC3)c2N1. The number of carbonyl (C=O) groups is 2. The molecule has 2 amide bonds. The monoisotopic (exact) mass is 811 g/mol. The molecule has 13 heteroatoms. The van der Waals surface area contributed by atoms with Crippen LogP contribution in [0.2, 0.25) is 5.02 Å². The summed E-state index contributed by atoms with van der Waals surface area (Å²) in [6.07, 6.45) is 7.79. The van der Waals surface area contributed by atoms with E-state index in [2.05, 4.69) is 93.5 Å². The fraction of sp³-hybridized carbons (Fsp3) is 0.435. The minimum Gasteiger partial charge on any atom is -0.489 e. The second-order valence-electron chi connectivity index (χ2n) is 18.1. The quantitative estimate of drug-likeness (QED) is 0.133. The molecule has 2 aliphatic heterocycles. The Morgan fingerprint density at radius 3 is 2.46 bits per heavy atom. The number of halogens is 1. The maximum absolute atomic E-state index is 13.5. The largest absolute Gasteiger partial charge is 0.489 e. The lowest BCUT2D eigenvalue weighted by Gasteiger charge is -2.63. The Labute approximate surface area is 349 Å². The molecule has 12 nitrogen and oxygen atoms in total. The van der Waals surface area contributed by atoms with Crippen LogP contribution in [0.3, 0.4) is 0 Å². The van der Waals surface area contributed by atoms with Gasteiger partial charge in [-0.3, -0.25) is 14.3 Å². The van der Waals surface area contributed by atoms with Gasteiger partial charge in [-0.2, -0.15) is 10.4 Å². The van der Waals surface area contributed by atoms with Gasteiger partial charge in [-0.15, -0.1) is 0 Å². The van der Waals surface area contributed by atoms with Crippen molar-refractivity contribution in [1.82, 2.24) is 25.1 Å². The van der Waals surface area contributed by atoms with Crippen LogP contribution in [-0.2, 0) is 11.3 Å². The fourth-order valence-electron chi connectivity index (χ4n) is 9.97. The molecule has 3 N–H and O–H groups in total. The molecule has 1 unspecified atom stereocenters. The highest BCUT2D eigenvalue weighted by atomic mass is 35.5. The van der Waals surface area contributed by atoms with Gasteiger partial charge >= 0.3 is 0 Å². The van der Waals surface area contributed by atoms with Gasteiger partial charge in [0.25, 0.3) is 5.91 Å². The first-order valence-electron chi connectivity index (χ1n) is 20.7. The predicted molar refractivity (Wildman–Crippen MR) is 230 cm³/mol. The van der Waals surface area contributed by atoms with E-state index in [0.29, 0.717) is 46.1 Å². The molecule has 3 fully saturated rings. The maximum Gasteiger partial charge on any atom is 0.254 e. The van der Waals surface area contributed by atoms with Gasteiger partial charge in [-0.25, -0.2) is 9.97 Å². The van der Waals surface area contributed by atoms with Crippen LogP contribution in [0.5, 0.6) is 5.75 Å². The highest BCUT2D eigenvalue weighted by Crippen LogP contribution is 2.55. The molecule has 1 saturated heterocycles. The van der Waals surface area contributed by atoms with Crippen LogP contribution < -0.4 is 25.6 Å². The summed E-state index contributed by atoms with van der Waals surface area (Å²) in [6.45, 7) is 12.9. The number of ether oxygens (including phenoxy) is 1. The molecule has 0 spiro atoms. The normalized spacial score (nSPS) is 22.3.